The fourth-order valence-electron chi connectivity index (χ4n) is 1.45. The SMILES string of the molecule is CCc1cc(C=O)c([N+](=O)[O-])c(OC)c1O. The Bertz CT molecular complexity index is 441. The molecule has 0 bridgehead atoms. The van der Waals surface area contributed by atoms with E-state index in [-0.39, 0.29) is 17.1 Å². The van der Waals surface area contributed by atoms with Crippen LogP contribution in [0.2, 0.25) is 0 Å². The minimum atomic E-state index is -0.748. The van der Waals surface area contributed by atoms with Crippen LogP contribution >= 0.6 is 0 Å². The van der Waals surface area contributed by atoms with Crippen molar-refractivity contribution in [3.63, 3.8) is 0 Å². The van der Waals surface area contributed by atoms with Crippen LogP contribution in [0.4, 0.5) is 5.69 Å². The zero-order valence-corrected chi connectivity index (χ0v) is 8.89. The first-order chi connectivity index (χ1) is 7.56. The van der Waals surface area contributed by atoms with Gasteiger partial charge in [-0.3, -0.25) is 14.9 Å². The van der Waals surface area contributed by atoms with Crippen LogP contribution in [-0.4, -0.2) is 23.4 Å². The van der Waals surface area contributed by atoms with Crippen molar-refractivity contribution in [1.82, 2.24) is 0 Å². The maximum Gasteiger partial charge on any atom is 0.325 e. The molecule has 1 aromatic carbocycles. The van der Waals surface area contributed by atoms with Crippen LogP contribution in [0.15, 0.2) is 6.07 Å². The Morgan fingerprint density at radius 3 is 2.62 bits per heavy atom. The second kappa shape index (κ2) is 4.61. The lowest BCUT2D eigenvalue weighted by Gasteiger charge is -2.09. The van der Waals surface area contributed by atoms with E-state index in [0.717, 1.165) is 0 Å². The van der Waals surface area contributed by atoms with Crippen LogP contribution in [0.5, 0.6) is 11.5 Å². The zero-order valence-electron chi connectivity index (χ0n) is 8.89. The van der Waals surface area contributed by atoms with Gasteiger partial charge < -0.3 is 9.84 Å². The van der Waals surface area contributed by atoms with Gasteiger partial charge in [-0.05, 0) is 18.1 Å². The number of methoxy groups -OCH3 is 1. The monoisotopic (exact) mass is 225 g/mol. The molecule has 0 atom stereocenters. The first-order valence-corrected chi connectivity index (χ1v) is 4.59. The van der Waals surface area contributed by atoms with Crippen LogP contribution in [0, 0.1) is 10.1 Å². The number of aromatic hydroxyl groups is 1. The summed E-state index contributed by atoms with van der Waals surface area (Å²) in [6, 6.07) is 1.29. The molecule has 6 heteroatoms. The number of carbonyl (C=O) groups excluding carboxylic acids is 1. The van der Waals surface area contributed by atoms with Crippen molar-refractivity contribution in [3.05, 3.63) is 27.3 Å². The number of ether oxygens (including phenoxy) is 1. The summed E-state index contributed by atoms with van der Waals surface area (Å²) in [6.07, 6.45) is 0.820. The van der Waals surface area contributed by atoms with Crippen molar-refractivity contribution in [2.75, 3.05) is 7.11 Å². The molecular weight excluding hydrogens is 214 g/mol. The number of carbonyl (C=O) groups is 1. The molecule has 0 fully saturated rings. The molecule has 0 aliphatic heterocycles. The third-order valence-corrected chi connectivity index (χ3v) is 2.23. The van der Waals surface area contributed by atoms with Gasteiger partial charge in [0.05, 0.1) is 17.6 Å². The average molecular weight is 225 g/mol. The predicted octanol–water partition coefficient (Wildman–Crippen LogP) is 1.68. The predicted molar refractivity (Wildman–Crippen MR) is 56.1 cm³/mol. The second-order valence-electron chi connectivity index (χ2n) is 3.08. The van der Waals surface area contributed by atoms with E-state index in [1.165, 1.54) is 13.2 Å². The zero-order chi connectivity index (χ0) is 12.3. The largest absolute Gasteiger partial charge is 0.504 e. The highest BCUT2D eigenvalue weighted by Gasteiger charge is 2.26. The lowest BCUT2D eigenvalue weighted by molar-refractivity contribution is -0.386. The molecule has 0 saturated carbocycles. The van der Waals surface area contributed by atoms with Gasteiger partial charge >= 0.3 is 5.69 Å². The number of nitro groups is 1. The number of phenols is 1. The van der Waals surface area contributed by atoms with Gasteiger partial charge in [-0.2, -0.15) is 0 Å². The first kappa shape index (κ1) is 12.0. The van der Waals surface area contributed by atoms with E-state index in [2.05, 4.69) is 0 Å². The molecule has 0 radical (unpaired) electrons. The summed E-state index contributed by atoms with van der Waals surface area (Å²) in [6.45, 7) is 1.76. The number of aldehydes is 1. The van der Waals surface area contributed by atoms with Crippen LogP contribution in [0.3, 0.4) is 0 Å². The summed E-state index contributed by atoms with van der Waals surface area (Å²) in [4.78, 5) is 20.8. The molecular formula is C10H11NO5. The molecule has 1 aromatic rings. The molecule has 0 unspecified atom stereocenters. The number of rotatable bonds is 4. The van der Waals surface area contributed by atoms with Crippen molar-refractivity contribution < 1.29 is 19.6 Å². The first-order valence-electron chi connectivity index (χ1n) is 4.59. The molecule has 1 N–H and O–H groups in total. The van der Waals surface area contributed by atoms with Crippen molar-refractivity contribution in [3.8, 4) is 11.5 Å². The summed E-state index contributed by atoms with van der Waals surface area (Å²) in [5, 5.41) is 20.5. The molecule has 16 heavy (non-hydrogen) atoms. The van der Waals surface area contributed by atoms with Crippen LogP contribution in [0.1, 0.15) is 22.8 Å². The average Bonchev–Trinajstić information content (AvgIpc) is 2.27. The third kappa shape index (κ3) is 1.81. The Balaban J connectivity index is 3.63. The maximum absolute atomic E-state index is 10.8. The smallest absolute Gasteiger partial charge is 0.325 e. The summed E-state index contributed by atoms with van der Waals surface area (Å²) in [7, 11) is 1.20. The summed E-state index contributed by atoms with van der Waals surface area (Å²) in [5.74, 6) is -0.561. The van der Waals surface area contributed by atoms with Gasteiger partial charge in [0, 0.05) is 0 Å². The van der Waals surface area contributed by atoms with E-state index in [9.17, 15) is 20.0 Å². The maximum atomic E-state index is 10.8. The van der Waals surface area contributed by atoms with E-state index in [1.54, 1.807) is 6.92 Å². The molecule has 0 amide bonds. The molecule has 0 aliphatic rings. The van der Waals surface area contributed by atoms with Gasteiger partial charge in [-0.25, -0.2) is 0 Å². The number of nitro benzene ring substituents is 1. The van der Waals surface area contributed by atoms with Gasteiger partial charge in [-0.15, -0.1) is 0 Å². The van der Waals surface area contributed by atoms with E-state index in [0.29, 0.717) is 18.3 Å². The molecule has 0 aromatic heterocycles. The number of hydrogen-bond donors (Lipinski definition) is 1. The Hall–Kier alpha value is -2.11. The van der Waals surface area contributed by atoms with Crippen molar-refractivity contribution >= 4 is 12.0 Å². The van der Waals surface area contributed by atoms with Gasteiger partial charge in [0.25, 0.3) is 0 Å². The summed E-state index contributed by atoms with van der Waals surface area (Å²) >= 11 is 0. The summed E-state index contributed by atoms with van der Waals surface area (Å²) < 4.78 is 4.77. The molecule has 0 aliphatic carbocycles. The molecule has 1 rings (SSSR count). The van der Waals surface area contributed by atoms with E-state index in [4.69, 9.17) is 4.74 Å². The van der Waals surface area contributed by atoms with Crippen molar-refractivity contribution in [1.29, 1.82) is 0 Å². The van der Waals surface area contributed by atoms with Gasteiger partial charge in [-0.1, -0.05) is 6.92 Å². The molecule has 0 heterocycles. The van der Waals surface area contributed by atoms with Crippen molar-refractivity contribution in [2.24, 2.45) is 0 Å². The van der Waals surface area contributed by atoms with Crippen LogP contribution < -0.4 is 4.74 Å². The lowest BCUT2D eigenvalue weighted by atomic mass is 10.0. The Labute approximate surface area is 91.6 Å². The summed E-state index contributed by atoms with van der Waals surface area (Å²) in [5.41, 5.74) is -0.173. The van der Waals surface area contributed by atoms with Crippen LogP contribution in [-0.2, 0) is 6.42 Å². The van der Waals surface area contributed by atoms with E-state index < -0.39 is 10.6 Å². The number of aryl methyl sites for hydroxylation is 1. The van der Waals surface area contributed by atoms with Gasteiger partial charge in [0.15, 0.2) is 12.0 Å². The molecule has 6 nitrogen and oxygen atoms in total. The lowest BCUT2D eigenvalue weighted by Crippen LogP contribution is -2.01. The minimum absolute atomic E-state index is 0.100. The standard InChI is InChI=1S/C10H11NO5/c1-3-6-4-7(5-12)8(11(14)15)10(16-2)9(6)13/h4-5,13H,3H2,1-2H3. The van der Waals surface area contributed by atoms with Crippen LogP contribution in [0.25, 0.3) is 0 Å². The van der Waals surface area contributed by atoms with E-state index >= 15 is 0 Å². The Morgan fingerprint density at radius 2 is 2.25 bits per heavy atom. The fraction of sp³-hybridized carbons (Fsp3) is 0.300. The molecule has 86 valence electrons. The second-order valence-corrected chi connectivity index (χ2v) is 3.08. The van der Waals surface area contributed by atoms with Gasteiger partial charge in [0.1, 0.15) is 0 Å². The third-order valence-electron chi connectivity index (χ3n) is 2.23. The quantitative estimate of drug-likeness (QED) is 0.478. The van der Waals surface area contributed by atoms with E-state index in [1.807, 2.05) is 0 Å². The highest BCUT2D eigenvalue weighted by molar-refractivity contribution is 5.86. The molecule has 0 saturated heterocycles. The highest BCUT2D eigenvalue weighted by Crippen LogP contribution is 2.41. The number of phenolic OH excluding ortho intramolecular Hbond substituents is 1. The Morgan fingerprint density at radius 1 is 1.62 bits per heavy atom. The number of benzene rings is 1. The number of hydrogen-bond acceptors (Lipinski definition) is 5. The minimum Gasteiger partial charge on any atom is -0.504 e. The normalized spacial score (nSPS) is 9.88. The number of nitrogens with zero attached hydrogens (tertiary/aromatic N) is 1. The topological polar surface area (TPSA) is 89.7 Å². The van der Waals surface area contributed by atoms with Gasteiger partial charge in [0.2, 0.25) is 5.75 Å². The van der Waals surface area contributed by atoms with Crippen molar-refractivity contribution in [2.45, 2.75) is 13.3 Å². The fourth-order valence-corrected chi connectivity index (χ4v) is 1.45. The molecule has 0 spiro atoms. The Kier molecular flexibility index (Phi) is 3.44. The highest BCUT2D eigenvalue weighted by atomic mass is 16.6.